The molecule has 0 unspecified atom stereocenters. The molecule has 0 radical (unpaired) electrons. The lowest BCUT2D eigenvalue weighted by atomic mass is 10.0. The monoisotopic (exact) mass is 357 g/mol. The number of aliphatic hydroxyl groups excluding tert-OH is 1. The van der Waals surface area contributed by atoms with E-state index in [1.54, 1.807) is 0 Å². The van der Waals surface area contributed by atoms with E-state index in [0.29, 0.717) is 6.54 Å². The quantitative estimate of drug-likeness (QED) is 0.660. The maximum atomic E-state index is 10.6. The van der Waals surface area contributed by atoms with E-state index in [-0.39, 0.29) is 12.4 Å². The van der Waals surface area contributed by atoms with E-state index >= 15 is 0 Å². The van der Waals surface area contributed by atoms with Gasteiger partial charge in [-0.15, -0.1) is 12.4 Å². The Balaban J connectivity index is 0.00000225. The van der Waals surface area contributed by atoms with E-state index < -0.39 is 12.2 Å². The molecule has 3 aromatic rings. The van der Waals surface area contributed by atoms with Crippen molar-refractivity contribution in [2.75, 3.05) is 13.1 Å². The summed E-state index contributed by atoms with van der Waals surface area (Å²) in [5, 5.41) is 16.0. The molecule has 0 aromatic heterocycles. The molecule has 3 aromatic carbocycles. The Morgan fingerprint density at radius 2 is 1.60 bits per heavy atom. The van der Waals surface area contributed by atoms with Gasteiger partial charge in [-0.2, -0.15) is 0 Å². The number of halogens is 1. The van der Waals surface area contributed by atoms with Crippen LogP contribution in [0.1, 0.15) is 18.6 Å². The molecular weight excluding hydrogens is 334 g/mol. The number of likely N-dealkylation sites (N-methyl/N-ethyl adjacent to an activating group) is 1. The van der Waals surface area contributed by atoms with Crippen LogP contribution in [0.5, 0.6) is 5.75 Å². The fourth-order valence-corrected chi connectivity index (χ4v) is 2.85. The van der Waals surface area contributed by atoms with Gasteiger partial charge in [-0.05, 0) is 23.6 Å². The van der Waals surface area contributed by atoms with Crippen molar-refractivity contribution in [3.8, 4) is 5.75 Å². The molecule has 0 aliphatic carbocycles. The molecule has 2 N–H and O–H groups in total. The zero-order valence-electron chi connectivity index (χ0n) is 14.3. The number of aliphatic hydroxyl groups is 1. The van der Waals surface area contributed by atoms with Crippen molar-refractivity contribution < 1.29 is 9.84 Å². The summed E-state index contributed by atoms with van der Waals surface area (Å²) < 4.78 is 6.28. The van der Waals surface area contributed by atoms with Crippen LogP contribution in [0.25, 0.3) is 10.8 Å². The highest BCUT2D eigenvalue weighted by Gasteiger charge is 2.23. The molecule has 0 fully saturated rings. The summed E-state index contributed by atoms with van der Waals surface area (Å²) in [6.07, 6.45) is -1.05. The van der Waals surface area contributed by atoms with Gasteiger partial charge in [0.05, 0.1) is 0 Å². The van der Waals surface area contributed by atoms with Crippen molar-refractivity contribution in [1.82, 2.24) is 5.32 Å². The molecular formula is C21H24ClNO2. The summed E-state index contributed by atoms with van der Waals surface area (Å²) in [5.41, 5.74) is 0.968. The zero-order chi connectivity index (χ0) is 16.8. The summed E-state index contributed by atoms with van der Waals surface area (Å²) in [6, 6.07) is 24.0. The van der Waals surface area contributed by atoms with Crippen LogP contribution >= 0.6 is 12.4 Å². The number of benzene rings is 3. The van der Waals surface area contributed by atoms with E-state index in [2.05, 4.69) is 17.4 Å². The van der Waals surface area contributed by atoms with Crippen LogP contribution in [0.2, 0.25) is 0 Å². The lowest BCUT2D eigenvalue weighted by Gasteiger charge is -2.25. The molecule has 0 saturated heterocycles. The third-order valence-corrected chi connectivity index (χ3v) is 4.08. The summed E-state index contributed by atoms with van der Waals surface area (Å²) in [4.78, 5) is 0. The zero-order valence-corrected chi connectivity index (χ0v) is 15.1. The van der Waals surface area contributed by atoms with E-state index in [1.165, 1.54) is 0 Å². The third-order valence-electron chi connectivity index (χ3n) is 4.08. The van der Waals surface area contributed by atoms with Gasteiger partial charge in [0.15, 0.2) is 6.10 Å². The minimum absolute atomic E-state index is 0. The standard InChI is InChI=1S/C21H23NO2.ClH/c1-2-22-15-19(23)21(17-10-4-3-5-11-17)24-20-14-8-12-16-9-6-7-13-18(16)20;/h3-14,19,21-23H,2,15H2,1H3;1H/t19-,21+;/m0./s1. The topological polar surface area (TPSA) is 41.5 Å². The first-order valence-corrected chi connectivity index (χ1v) is 8.37. The fourth-order valence-electron chi connectivity index (χ4n) is 2.85. The maximum absolute atomic E-state index is 10.6. The lowest BCUT2D eigenvalue weighted by molar-refractivity contribution is 0.0370. The molecule has 0 amide bonds. The van der Waals surface area contributed by atoms with E-state index in [4.69, 9.17) is 4.74 Å². The SMILES string of the molecule is CCNC[C@H](O)[C@H](Oc1cccc2ccccc12)c1ccccc1.Cl. The van der Waals surface area contributed by atoms with Crippen molar-refractivity contribution in [3.63, 3.8) is 0 Å². The molecule has 0 aliphatic heterocycles. The summed E-state index contributed by atoms with van der Waals surface area (Å²) >= 11 is 0. The van der Waals surface area contributed by atoms with Gasteiger partial charge in [-0.25, -0.2) is 0 Å². The average molecular weight is 358 g/mol. The van der Waals surface area contributed by atoms with Crippen molar-refractivity contribution in [2.45, 2.75) is 19.1 Å². The highest BCUT2D eigenvalue weighted by molar-refractivity contribution is 5.88. The minimum atomic E-state index is -0.633. The summed E-state index contributed by atoms with van der Waals surface area (Å²) in [7, 11) is 0. The van der Waals surface area contributed by atoms with Gasteiger partial charge in [-0.3, -0.25) is 0 Å². The molecule has 0 bridgehead atoms. The second kappa shape index (κ2) is 9.42. The number of ether oxygens (including phenoxy) is 1. The van der Waals surface area contributed by atoms with Crippen molar-refractivity contribution in [1.29, 1.82) is 0 Å². The van der Waals surface area contributed by atoms with Gasteiger partial charge in [0.1, 0.15) is 11.9 Å². The highest BCUT2D eigenvalue weighted by atomic mass is 35.5. The van der Waals surface area contributed by atoms with Crippen LogP contribution in [-0.4, -0.2) is 24.3 Å². The largest absolute Gasteiger partial charge is 0.482 e. The molecule has 0 saturated carbocycles. The Kier molecular flexibility index (Phi) is 7.26. The molecule has 2 atom stereocenters. The maximum Gasteiger partial charge on any atom is 0.151 e. The van der Waals surface area contributed by atoms with Crippen molar-refractivity contribution in [3.05, 3.63) is 78.4 Å². The number of rotatable bonds is 7. The molecule has 132 valence electrons. The number of hydrogen-bond donors (Lipinski definition) is 2. The van der Waals surface area contributed by atoms with E-state index in [9.17, 15) is 5.11 Å². The van der Waals surface area contributed by atoms with Crippen molar-refractivity contribution in [2.24, 2.45) is 0 Å². The van der Waals surface area contributed by atoms with Gasteiger partial charge in [-0.1, -0.05) is 73.7 Å². The Morgan fingerprint density at radius 3 is 2.36 bits per heavy atom. The van der Waals surface area contributed by atoms with Crippen LogP contribution in [0.4, 0.5) is 0 Å². The average Bonchev–Trinajstić information content (AvgIpc) is 2.65. The fraction of sp³-hybridized carbons (Fsp3) is 0.238. The predicted octanol–water partition coefficient (Wildman–Crippen LogP) is 4.35. The second-order valence-electron chi connectivity index (χ2n) is 5.80. The lowest BCUT2D eigenvalue weighted by Crippen LogP contribution is -2.34. The van der Waals surface area contributed by atoms with Crippen LogP contribution in [-0.2, 0) is 0 Å². The summed E-state index contributed by atoms with van der Waals surface area (Å²) in [6.45, 7) is 3.32. The Morgan fingerprint density at radius 1 is 0.920 bits per heavy atom. The van der Waals surface area contributed by atoms with Crippen molar-refractivity contribution >= 4 is 23.2 Å². The molecule has 4 heteroatoms. The smallest absolute Gasteiger partial charge is 0.151 e. The van der Waals surface area contributed by atoms with Gasteiger partial charge < -0.3 is 15.2 Å². The van der Waals surface area contributed by atoms with Gasteiger partial charge in [0.25, 0.3) is 0 Å². The molecule has 3 rings (SSSR count). The third kappa shape index (κ3) is 4.73. The van der Waals surface area contributed by atoms with E-state index in [1.807, 2.05) is 67.6 Å². The second-order valence-corrected chi connectivity index (χ2v) is 5.80. The number of fused-ring (bicyclic) bond motifs is 1. The van der Waals surface area contributed by atoms with Crippen LogP contribution in [0.15, 0.2) is 72.8 Å². The predicted molar refractivity (Wildman–Crippen MR) is 106 cm³/mol. The molecule has 3 nitrogen and oxygen atoms in total. The first-order chi connectivity index (χ1) is 11.8. The Bertz CT molecular complexity index is 774. The molecule has 25 heavy (non-hydrogen) atoms. The normalized spacial score (nSPS) is 13.0. The molecule has 0 heterocycles. The molecule has 0 aliphatic rings. The van der Waals surface area contributed by atoms with E-state index in [0.717, 1.165) is 28.6 Å². The first-order valence-electron chi connectivity index (χ1n) is 8.37. The summed E-state index contributed by atoms with van der Waals surface area (Å²) in [5.74, 6) is 0.789. The van der Waals surface area contributed by atoms with Gasteiger partial charge in [0.2, 0.25) is 0 Å². The Hall–Kier alpha value is -2.07. The minimum Gasteiger partial charge on any atom is -0.482 e. The number of hydrogen-bond acceptors (Lipinski definition) is 3. The van der Waals surface area contributed by atoms with Crippen LogP contribution in [0, 0.1) is 0 Å². The van der Waals surface area contributed by atoms with Gasteiger partial charge >= 0.3 is 0 Å². The molecule has 0 spiro atoms. The first kappa shape index (κ1) is 19.3. The van der Waals surface area contributed by atoms with Crippen LogP contribution in [0.3, 0.4) is 0 Å². The number of nitrogens with one attached hydrogen (secondary N) is 1. The highest BCUT2D eigenvalue weighted by Crippen LogP contribution is 2.31. The van der Waals surface area contributed by atoms with Crippen LogP contribution < -0.4 is 10.1 Å². The Labute approximate surface area is 155 Å². The van der Waals surface area contributed by atoms with Gasteiger partial charge in [0, 0.05) is 11.9 Å².